The van der Waals surface area contributed by atoms with Crippen LogP contribution in [0.1, 0.15) is 18.5 Å². The average molecular weight is 325 g/mol. The smallest absolute Gasteiger partial charge is 0.251 e. The lowest BCUT2D eigenvalue weighted by atomic mass is 10.2. The molecule has 1 unspecified atom stereocenters. The first-order valence-electron chi connectivity index (χ1n) is 6.34. The molecule has 1 atom stereocenters. The Morgan fingerprint density at radius 3 is 2.67 bits per heavy atom. The topological polar surface area (TPSA) is 51.1 Å². The second kappa shape index (κ2) is 6.33. The Kier molecular flexibility index (Phi) is 4.70. The molecule has 0 radical (unpaired) electrons. The van der Waals surface area contributed by atoms with Gasteiger partial charge in [0.1, 0.15) is 6.04 Å². The molecule has 6 heteroatoms. The van der Waals surface area contributed by atoms with Gasteiger partial charge in [-0.2, -0.15) is 0 Å². The molecule has 2 rings (SSSR count). The standard InChI is InChI=1S/C15H14Cl2N2O2/c1-9-12(17)4-3-5-13(9)18-15(21)10(2)19-8-11(16)6-7-14(19)20/h3-8,10H,1-2H3,(H,18,21). The normalized spacial score (nSPS) is 12.0. The van der Waals surface area contributed by atoms with Gasteiger partial charge in [-0.1, -0.05) is 29.3 Å². The van der Waals surface area contributed by atoms with Gasteiger partial charge in [0, 0.05) is 23.0 Å². The summed E-state index contributed by atoms with van der Waals surface area (Å²) in [4.78, 5) is 24.1. The zero-order valence-electron chi connectivity index (χ0n) is 11.6. The molecule has 21 heavy (non-hydrogen) atoms. The van der Waals surface area contributed by atoms with Crippen LogP contribution in [0.5, 0.6) is 0 Å². The number of carbonyl (C=O) groups excluding carboxylic acids is 1. The highest BCUT2D eigenvalue weighted by molar-refractivity contribution is 6.31. The highest BCUT2D eigenvalue weighted by Gasteiger charge is 2.17. The van der Waals surface area contributed by atoms with Gasteiger partial charge in [0.05, 0.1) is 5.02 Å². The van der Waals surface area contributed by atoms with E-state index in [1.165, 1.54) is 22.9 Å². The molecular formula is C15H14Cl2N2O2. The van der Waals surface area contributed by atoms with Crippen molar-refractivity contribution in [2.75, 3.05) is 5.32 Å². The predicted octanol–water partition coefficient (Wildman–Crippen LogP) is 3.66. The number of pyridine rings is 1. The number of nitrogens with one attached hydrogen (secondary N) is 1. The van der Waals surface area contributed by atoms with E-state index in [1.54, 1.807) is 25.1 Å². The van der Waals surface area contributed by atoms with Gasteiger partial charge in [0.15, 0.2) is 0 Å². The van der Waals surface area contributed by atoms with Crippen LogP contribution in [0.15, 0.2) is 41.3 Å². The Hall–Kier alpha value is -1.78. The summed E-state index contributed by atoms with van der Waals surface area (Å²) in [6.07, 6.45) is 1.44. The minimum atomic E-state index is -0.686. The van der Waals surface area contributed by atoms with Gasteiger partial charge in [-0.25, -0.2) is 0 Å². The molecule has 2 aromatic rings. The second-order valence-corrected chi connectivity index (χ2v) is 5.51. The highest BCUT2D eigenvalue weighted by atomic mass is 35.5. The van der Waals surface area contributed by atoms with Crippen molar-refractivity contribution in [2.24, 2.45) is 0 Å². The number of anilines is 1. The third kappa shape index (κ3) is 3.46. The van der Waals surface area contributed by atoms with E-state index in [1.807, 2.05) is 6.92 Å². The van der Waals surface area contributed by atoms with Gasteiger partial charge in [-0.3, -0.25) is 9.59 Å². The number of benzene rings is 1. The van der Waals surface area contributed by atoms with Gasteiger partial charge in [0.2, 0.25) is 5.91 Å². The van der Waals surface area contributed by atoms with Crippen LogP contribution in [0.4, 0.5) is 5.69 Å². The average Bonchev–Trinajstić information content (AvgIpc) is 2.45. The number of carbonyl (C=O) groups is 1. The van der Waals surface area contributed by atoms with Crippen molar-refractivity contribution in [1.29, 1.82) is 0 Å². The molecule has 0 spiro atoms. The van der Waals surface area contributed by atoms with E-state index in [9.17, 15) is 9.59 Å². The lowest BCUT2D eigenvalue weighted by molar-refractivity contribution is -0.118. The first kappa shape index (κ1) is 15.6. The number of hydrogen-bond donors (Lipinski definition) is 1. The fraction of sp³-hybridized carbons (Fsp3) is 0.200. The number of rotatable bonds is 3. The monoisotopic (exact) mass is 324 g/mol. The van der Waals surface area contributed by atoms with Crippen LogP contribution in [0.25, 0.3) is 0 Å². The van der Waals surface area contributed by atoms with E-state index in [-0.39, 0.29) is 11.5 Å². The van der Waals surface area contributed by atoms with Gasteiger partial charge < -0.3 is 9.88 Å². The maximum atomic E-state index is 12.3. The molecule has 1 aromatic heterocycles. The van der Waals surface area contributed by atoms with Crippen LogP contribution in [-0.4, -0.2) is 10.5 Å². The summed E-state index contributed by atoms with van der Waals surface area (Å²) in [6.45, 7) is 3.45. The molecule has 0 saturated carbocycles. The molecule has 1 heterocycles. The third-order valence-corrected chi connectivity index (χ3v) is 3.86. The van der Waals surface area contributed by atoms with E-state index in [4.69, 9.17) is 23.2 Å². The highest BCUT2D eigenvalue weighted by Crippen LogP contribution is 2.23. The minimum Gasteiger partial charge on any atom is -0.324 e. The fourth-order valence-corrected chi connectivity index (χ4v) is 2.23. The van der Waals surface area contributed by atoms with Crippen LogP contribution < -0.4 is 10.9 Å². The lowest BCUT2D eigenvalue weighted by Crippen LogP contribution is -2.31. The number of halogens is 2. The van der Waals surface area contributed by atoms with Gasteiger partial charge in [0.25, 0.3) is 5.56 Å². The summed E-state index contributed by atoms with van der Waals surface area (Å²) in [7, 11) is 0. The minimum absolute atomic E-state index is 0.287. The van der Waals surface area contributed by atoms with E-state index < -0.39 is 6.04 Å². The molecule has 0 aliphatic carbocycles. The quantitative estimate of drug-likeness (QED) is 0.936. The zero-order valence-corrected chi connectivity index (χ0v) is 13.1. The Morgan fingerprint density at radius 1 is 1.24 bits per heavy atom. The van der Waals surface area contributed by atoms with Crippen molar-refractivity contribution in [3.63, 3.8) is 0 Å². The van der Waals surface area contributed by atoms with Crippen LogP contribution in [-0.2, 0) is 4.79 Å². The van der Waals surface area contributed by atoms with Crippen LogP contribution >= 0.6 is 23.2 Å². The second-order valence-electron chi connectivity index (χ2n) is 4.67. The van der Waals surface area contributed by atoms with Gasteiger partial charge in [-0.05, 0) is 37.6 Å². The Bertz CT molecular complexity index is 741. The van der Waals surface area contributed by atoms with Gasteiger partial charge >= 0.3 is 0 Å². The molecule has 0 fully saturated rings. The van der Waals surface area contributed by atoms with E-state index in [0.29, 0.717) is 15.7 Å². The third-order valence-electron chi connectivity index (χ3n) is 3.22. The molecule has 110 valence electrons. The summed E-state index contributed by atoms with van der Waals surface area (Å²) in [5, 5.41) is 3.74. The van der Waals surface area contributed by atoms with Crippen molar-refractivity contribution < 1.29 is 4.79 Å². The first-order chi connectivity index (χ1) is 9.90. The Labute approximate surface area is 132 Å². The molecule has 1 aromatic carbocycles. The van der Waals surface area contributed by atoms with Gasteiger partial charge in [-0.15, -0.1) is 0 Å². The SMILES string of the molecule is Cc1c(Cl)cccc1NC(=O)C(C)n1cc(Cl)ccc1=O. The maximum absolute atomic E-state index is 12.3. The van der Waals surface area contributed by atoms with Crippen molar-refractivity contribution in [2.45, 2.75) is 19.9 Å². The molecule has 1 N–H and O–H groups in total. The molecule has 0 aliphatic rings. The fourth-order valence-electron chi connectivity index (χ4n) is 1.89. The van der Waals surface area contributed by atoms with Crippen molar-refractivity contribution in [3.8, 4) is 0 Å². The number of hydrogen-bond acceptors (Lipinski definition) is 2. The van der Waals surface area contributed by atoms with E-state index in [0.717, 1.165) is 5.56 Å². The maximum Gasteiger partial charge on any atom is 0.251 e. The number of nitrogens with zero attached hydrogens (tertiary/aromatic N) is 1. The van der Waals surface area contributed by atoms with Crippen LogP contribution in [0.3, 0.4) is 0 Å². The molecule has 0 saturated heterocycles. The first-order valence-corrected chi connectivity index (χ1v) is 7.09. The summed E-state index contributed by atoms with van der Waals surface area (Å²) in [6, 6.07) is 7.39. The van der Waals surface area contributed by atoms with E-state index >= 15 is 0 Å². The molecule has 0 bridgehead atoms. The largest absolute Gasteiger partial charge is 0.324 e. The van der Waals surface area contributed by atoms with Crippen LogP contribution in [0.2, 0.25) is 10.0 Å². The molecular weight excluding hydrogens is 311 g/mol. The van der Waals surface area contributed by atoms with Crippen molar-refractivity contribution in [1.82, 2.24) is 4.57 Å². The molecule has 4 nitrogen and oxygen atoms in total. The van der Waals surface area contributed by atoms with E-state index in [2.05, 4.69) is 5.32 Å². The molecule has 1 amide bonds. The summed E-state index contributed by atoms with van der Waals surface area (Å²) in [5.74, 6) is -0.315. The molecule has 0 aliphatic heterocycles. The Balaban J connectivity index is 2.26. The summed E-state index contributed by atoms with van der Waals surface area (Å²) in [5.41, 5.74) is 1.11. The predicted molar refractivity (Wildman–Crippen MR) is 85.2 cm³/mol. The van der Waals surface area contributed by atoms with Crippen LogP contribution in [0, 0.1) is 6.92 Å². The van der Waals surface area contributed by atoms with Crippen molar-refractivity contribution >= 4 is 34.8 Å². The zero-order chi connectivity index (χ0) is 15.6. The lowest BCUT2D eigenvalue weighted by Gasteiger charge is -2.16. The number of amides is 1. The summed E-state index contributed by atoms with van der Waals surface area (Å²) < 4.78 is 1.29. The summed E-state index contributed by atoms with van der Waals surface area (Å²) >= 11 is 11.9. The number of aromatic nitrogens is 1. The Morgan fingerprint density at radius 2 is 1.95 bits per heavy atom. The van der Waals surface area contributed by atoms with Crippen molar-refractivity contribution in [3.05, 3.63) is 62.5 Å².